The molecule has 1 saturated heterocycles. The fourth-order valence-corrected chi connectivity index (χ4v) is 8.23. The third-order valence-corrected chi connectivity index (χ3v) is 9.86. The van der Waals surface area contributed by atoms with Crippen LogP contribution in [0.5, 0.6) is 0 Å². The van der Waals surface area contributed by atoms with Crippen LogP contribution >= 0.6 is 0 Å². The van der Waals surface area contributed by atoms with Gasteiger partial charge < -0.3 is 13.6 Å². The molecule has 1 unspecified atom stereocenters. The summed E-state index contributed by atoms with van der Waals surface area (Å²) in [4.78, 5) is 0. The Morgan fingerprint density at radius 1 is 0.880 bits per heavy atom. The lowest BCUT2D eigenvalue weighted by molar-refractivity contribution is -0.0426. The van der Waals surface area contributed by atoms with Crippen LogP contribution in [0.1, 0.15) is 64.5 Å². The van der Waals surface area contributed by atoms with E-state index in [-0.39, 0.29) is 5.22 Å². The summed E-state index contributed by atoms with van der Waals surface area (Å²) in [5.41, 5.74) is 2.74. The van der Waals surface area contributed by atoms with Crippen LogP contribution in [0, 0.1) is 13.8 Å². The number of benzene rings is 1. The van der Waals surface area contributed by atoms with Crippen molar-refractivity contribution in [2.45, 2.75) is 78.5 Å². The number of rotatable bonds is 7. The first-order valence-electron chi connectivity index (χ1n) is 9.94. The first-order chi connectivity index (χ1) is 12.0. The molecule has 0 saturated carbocycles. The topological polar surface area (TPSA) is 27.7 Å². The van der Waals surface area contributed by atoms with Crippen LogP contribution in [0.3, 0.4) is 0 Å². The maximum atomic E-state index is 6.16. The Kier molecular flexibility index (Phi) is 9.94. The first-order valence-corrected chi connectivity index (χ1v) is 12.0. The summed E-state index contributed by atoms with van der Waals surface area (Å²) in [5.74, 6) is 0. The van der Waals surface area contributed by atoms with Gasteiger partial charge in [0.15, 0.2) is 0 Å². The Balaban J connectivity index is 0.000000324. The molecule has 0 aromatic heterocycles. The minimum Gasteiger partial charge on any atom is -0.393 e. The molecule has 0 bridgehead atoms. The van der Waals surface area contributed by atoms with Gasteiger partial charge in [0.1, 0.15) is 5.22 Å². The minimum absolute atomic E-state index is 0.119. The van der Waals surface area contributed by atoms with Gasteiger partial charge >= 0.3 is 8.56 Å². The zero-order valence-electron chi connectivity index (χ0n) is 17.2. The zero-order valence-corrected chi connectivity index (χ0v) is 18.2. The van der Waals surface area contributed by atoms with E-state index < -0.39 is 8.56 Å². The maximum absolute atomic E-state index is 6.16. The van der Waals surface area contributed by atoms with Gasteiger partial charge in [-0.3, -0.25) is 0 Å². The summed E-state index contributed by atoms with van der Waals surface area (Å²) in [7, 11) is -2.21. The third-order valence-electron chi connectivity index (χ3n) is 5.20. The van der Waals surface area contributed by atoms with Crippen LogP contribution in [0.4, 0.5) is 0 Å². The van der Waals surface area contributed by atoms with Crippen molar-refractivity contribution < 1.29 is 13.6 Å². The summed E-state index contributed by atoms with van der Waals surface area (Å²) in [6.07, 6.45) is 4.57. The highest BCUT2D eigenvalue weighted by Gasteiger charge is 2.58. The van der Waals surface area contributed by atoms with Crippen molar-refractivity contribution in [3.05, 3.63) is 35.4 Å². The van der Waals surface area contributed by atoms with Crippen molar-refractivity contribution in [2.75, 3.05) is 19.8 Å². The molecular formula is C21H38O3Si. The van der Waals surface area contributed by atoms with Gasteiger partial charge in [0.25, 0.3) is 0 Å². The van der Waals surface area contributed by atoms with Crippen LogP contribution in [-0.4, -0.2) is 33.6 Å². The Bertz CT molecular complexity index is 455. The lowest BCUT2D eigenvalue weighted by atomic mass is 10.1. The van der Waals surface area contributed by atoms with Gasteiger partial charge in [0, 0.05) is 19.8 Å². The molecule has 1 heterocycles. The van der Waals surface area contributed by atoms with E-state index >= 15 is 0 Å². The average Bonchev–Trinajstić information content (AvgIpc) is 2.61. The summed E-state index contributed by atoms with van der Waals surface area (Å²) in [5, 5.41) is -0.119. The van der Waals surface area contributed by atoms with E-state index in [0.29, 0.717) is 0 Å². The number of hydrogen-bond acceptors (Lipinski definition) is 3. The van der Waals surface area contributed by atoms with Gasteiger partial charge in [-0.2, -0.15) is 0 Å². The van der Waals surface area contributed by atoms with Crippen molar-refractivity contribution in [3.63, 3.8) is 0 Å². The molecule has 1 aliphatic heterocycles. The SMILES string of the molecule is CCOC1(CC)CCCC[Si]1(OCC)OCC.Cc1ccccc1C. The predicted octanol–water partition coefficient (Wildman–Crippen LogP) is 5.71. The summed E-state index contributed by atoms with van der Waals surface area (Å²) in [6.45, 7) is 14.9. The molecule has 2 rings (SSSR count). The largest absolute Gasteiger partial charge is 0.393 e. The molecule has 4 heteroatoms. The molecule has 0 radical (unpaired) electrons. The van der Waals surface area contributed by atoms with Crippen molar-refractivity contribution in [1.29, 1.82) is 0 Å². The fraction of sp³-hybridized carbons (Fsp3) is 0.714. The highest BCUT2D eigenvalue weighted by molar-refractivity contribution is 6.70. The Hall–Kier alpha value is -0.683. The molecule has 1 fully saturated rings. The Morgan fingerprint density at radius 2 is 1.44 bits per heavy atom. The number of ether oxygens (including phenoxy) is 1. The molecule has 0 aliphatic carbocycles. The standard InChI is InChI=1S/C13H28O3Si.C8H10/c1-5-13(14-6-2)11-9-10-12-17(13,15-7-3)16-8-4;1-7-5-3-4-6-8(7)2/h5-12H2,1-4H3;3-6H,1-2H3. The minimum atomic E-state index is -2.21. The van der Waals surface area contributed by atoms with Gasteiger partial charge in [0.2, 0.25) is 0 Å². The van der Waals surface area contributed by atoms with Crippen LogP contribution < -0.4 is 0 Å². The van der Waals surface area contributed by atoms with Crippen LogP contribution in [-0.2, 0) is 13.6 Å². The van der Waals surface area contributed by atoms with Crippen molar-refractivity contribution in [3.8, 4) is 0 Å². The smallest absolute Gasteiger partial charge is 0.371 e. The van der Waals surface area contributed by atoms with Crippen LogP contribution in [0.15, 0.2) is 24.3 Å². The highest BCUT2D eigenvalue weighted by atomic mass is 28.4. The normalized spacial score (nSPS) is 22.2. The quantitative estimate of drug-likeness (QED) is 0.578. The second kappa shape index (κ2) is 11.1. The molecule has 0 amide bonds. The van der Waals surface area contributed by atoms with E-state index in [1.54, 1.807) is 0 Å². The number of aryl methyl sites for hydroxylation is 2. The molecule has 1 aliphatic rings. The van der Waals surface area contributed by atoms with E-state index in [4.69, 9.17) is 13.6 Å². The molecule has 25 heavy (non-hydrogen) atoms. The van der Waals surface area contributed by atoms with Crippen LogP contribution in [0.25, 0.3) is 0 Å². The zero-order chi connectivity index (χ0) is 18.8. The summed E-state index contributed by atoms with van der Waals surface area (Å²) in [6, 6.07) is 9.44. The van der Waals surface area contributed by atoms with Crippen LogP contribution in [0.2, 0.25) is 6.04 Å². The predicted molar refractivity (Wildman–Crippen MR) is 108 cm³/mol. The lowest BCUT2D eigenvalue weighted by Gasteiger charge is -2.49. The van der Waals surface area contributed by atoms with Gasteiger partial charge in [-0.1, -0.05) is 44.0 Å². The van der Waals surface area contributed by atoms with Crippen molar-refractivity contribution >= 4 is 8.56 Å². The molecule has 144 valence electrons. The number of hydrogen-bond donors (Lipinski definition) is 0. The van der Waals surface area contributed by atoms with Crippen molar-refractivity contribution in [1.82, 2.24) is 0 Å². The summed E-state index contributed by atoms with van der Waals surface area (Å²) >= 11 is 0. The Morgan fingerprint density at radius 3 is 1.84 bits per heavy atom. The molecule has 0 spiro atoms. The van der Waals surface area contributed by atoms with Gasteiger partial charge in [-0.05, 0) is 64.6 Å². The molecular weight excluding hydrogens is 328 g/mol. The van der Waals surface area contributed by atoms with E-state index in [1.165, 1.54) is 24.0 Å². The molecule has 1 atom stereocenters. The van der Waals surface area contributed by atoms with Gasteiger partial charge in [-0.15, -0.1) is 0 Å². The molecule has 0 N–H and O–H groups in total. The third kappa shape index (κ3) is 5.65. The molecule has 1 aromatic rings. The second-order valence-corrected chi connectivity index (χ2v) is 10.2. The monoisotopic (exact) mass is 366 g/mol. The van der Waals surface area contributed by atoms with Crippen molar-refractivity contribution in [2.24, 2.45) is 0 Å². The van der Waals surface area contributed by atoms with Gasteiger partial charge in [0.05, 0.1) is 0 Å². The van der Waals surface area contributed by atoms with Gasteiger partial charge in [-0.25, -0.2) is 0 Å². The van der Waals surface area contributed by atoms with E-state index in [2.05, 4.69) is 65.8 Å². The van der Waals surface area contributed by atoms with E-state index in [9.17, 15) is 0 Å². The average molecular weight is 367 g/mol. The van der Waals surface area contributed by atoms with E-state index in [1.807, 2.05) is 0 Å². The summed E-state index contributed by atoms with van der Waals surface area (Å²) < 4.78 is 18.5. The fourth-order valence-electron chi connectivity index (χ4n) is 3.77. The highest BCUT2D eigenvalue weighted by Crippen LogP contribution is 2.42. The first kappa shape index (κ1) is 22.4. The lowest BCUT2D eigenvalue weighted by Crippen LogP contribution is -2.65. The Labute approximate surface area is 156 Å². The second-order valence-electron chi connectivity index (χ2n) is 6.69. The molecule has 3 nitrogen and oxygen atoms in total. The van der Waals surface area contributed by atoms with E-state index in [0.717, 1.165) is 38.7 Å². The molecule has 1 aromatic carbocycles. The maximum Gasteiger partial charge on any atom is 0.371 e.